The molecule has 0 radical (unpaired) electrons. The Labute approximate surface area is 92.6 Å². The molecule has 0 aliphatic heterocycles. The first-order chi connectivity index (χ1) is 7.39. The Balaban J connectivity index is 3.12. The Hall–Kier alpha value is -1.49. The van der Waals surface area contributed by atoms with E-state index in [1.54, 1.807) is 14.0 Å². The molecule has 1 rings (SSSR count). The van der Waals surface area contributed by atoms with Crippen molar-refractivity contribution >= 4 is 5.91 Å². The number of carbonyl (C=O) groups is 1. The van der Waals surface area contributed by atoms with Gasteiger partial charge in [-0.25, -0.2) is 8.78 Å². The quantitative estimate of drug-likeness (QED) is 0.815. The fourth-order valence-electron chi connectivity index (χ4n) is 1.52. The molecule has 16 heavy (non-hydrogen) atoms. The van der Waals surface area contributed by atoms with Crippen molar-refractivity contribution in [3.63, 3.8) is 0 Å². The zero-order valence-corrected chi connectivity index (χ0v) is 9.18. The van der Waals surface area contributed by atoms with Crippen LogP contribution in [0.15, 0.2) is 18.2 Å². The molecule has 88 valence electrons. The van der Waals surface area contributed by atoms with Crippen molar-refractivity contribution in [2.75, 3.05) is 7.05 Å². The predicted molar refractivity (Wildman–Crippen MR) is 56.6 cm³/mol. The Bertz CT molecular complexity index is 409. The Morgan fingerprint density at radius 2 is 2.06 bits per heavy atom. The zero-order valence-electron chi connectivity index (χ0n) is 9.18. The molecule has 0 aliphatic rings. The molecule has 0 saturated carbocycles. The fraction of sp³-hybridized carbons (Fsp3) is 0.364. The van der Waals surface area contributed by atoms with E-state index in [2.05, 4.69) is 5.32 Å². The van der Waals surface area contributed by atoms with Gasteiger partial charge < -0.3 is 11.1 Å². The highest BCUT2D eigenvalue weighted by Gasteiger charge is 2.27. The van der Waals surface area contributed by atoms with Gasteiger partial charge >= 0.3 is 0 Å². The van der Waals surface area contributed by atoms with Gasteiger partial charge in [0.05, 0.1) is 0 Å². The minimum absolute atomic E-state index is 0.00850. The minimum Gasteiger partial charge on any atom is -0.370 e. The van der Waals surface area contributed by atoms with E-state index in [0.29, 0.717) is 5.56 Å². The van der Waals surface area contributed by atoms with Crippen LogP contribution in [0.1, 0.15) is 18.9 Å². The summed E-state index contributed by atoms with van der Waals surface area (Å²) in [4.78, 5) is 10.9. The molecule has 0 aromatic heterocycles. The van der Waals surface area contributed by atoms with Crippen LogP contribution in [0.3, 0.4) is 0 Å². The molecular weight excluding hydrogens is 214 g/mol. The van der Waals surface area contributed by atoms with E-state index < -0.39 is 23.1 Å². The van der Waals surface area contributed by atoms with Crippen molar-refractivity contribution in [2.45, 2.75) is 18.9 Å². The second-order valence-electron chi connectivity index (χ2n) is 3.85. The van der Waals surface area contributed by atoms with E-state index in [1.165, 1.54) is 6.07 Å². The van der Waals surface area contributed by atoms with Gasteiger partial charge in [-0.1, -0.05) is 6.07 Å². The maximum atomic E-state index is 13.1. The highest BCUT2D eigenvalue weighted by molar-refractivity contribution is 5.75. The first kappa shape index (κ1) is 12.6. The lowest BCUT2D eigenvalue weighted by atomic mass is 9.88. The number of amides is 1. The Kier molecular flexibility index (Phi) is 3.59. The molecule has 0 spiro atoms. The highest BCUT2D eigenvalue weighted by Crippen LogP contribution is 2.25. The lowest BCUT2D eigenvalue weighted by Gasteiger charge is -2.28. The van der Waals surface area contributed by atoms with Crippen LogP contribution >= 0.6 is 0 Å². The van der Waals surface area contributed by atoms with Gasteiger partial charge in [-0.2, -0.15) is 0 Å². The number of rotatable bonds is 4. The number of primary amides is 1. The molecule has 1 aromatic rings. The van der Waals surface area contributed by atoms with Crippen LogP contribution in [0.4, 0.5) is 8.78 Å². The summed E-state index contributed by atoms with van der Waals surface area (Å²) in [6.45, 7) is 1.70. The number of hydrogen-bond donors (Lipinski definition) is 2. The van der Waals surface area contributed by atoms with Gasteiger partial charge in [0.15, 0.2) is 11.6 Å². The fourth-order valence-corrected chi connectivity index (χ4v) is 1.52. The molecule has 0 fully saturated rings. The smallest absolute Gasteiger partial charge is 0.219 e. The number of benzene rings is 1. The maximum absolute atomic E-state index is 13.1. The van der Waals surface area contributed by atoms with Gasteiger partial charge in [-0.15, -0.1) is 0 Å². The SMILES string of the molecule is CNC(C)(CC(N)=O)c1ccc(F)c(F)c1. The van der Waals surface area contributed by atoms with Gasteiger partial charge in [-0.3, -0.25) is 4.79 Å². The number of nitrogens with one attached hydrogen (secondary N) is 1. The Morgan fingerprint density at radius 3 is 2.50 bits per heavy atom. The van der Waals surface area contributed by atoms with Gasteiger partial charge in [0.25, 0.3) is 0 Å². The van der Waals surface area contributed by atoms with Crippen LogP contribution in [-0.4, -0.2) is 13.0 Å². The molecule has 0 bridgehead atoms. The van der Waals surface area contributed by atoms with E-state index in [1.807, 2.05) is 0 Å². The van der Waals surface area contributed by atoms with Crippen molar-refractivity contribution in [2.24, 2.45) is 5.73 Å². The van der Waals surface area contributed by atoms with E-state index in [0.717, 1.165) is 12.1 Å². The molecule has 3 N–H and O–H groups in total. The van der Waals surface area contributed by atoms with E-state index in [9.17, 15) is 13.6 Å². The van der Waals surface area contributed by atoms with Crippen molar-refractivity contribution in [1.82, 2.24) is 5.32 Å². The first-order valence-corrected chi connectivity index (χ1v) is 4.82. The molecule has 1 amide bonds. The number of hydrogen-bond acceptors (Lipinski definition) is 2. The van der Waals surface area contributed by atoms with Crippen LogP contribution in [-0.2, 0) is 10.3 Å². The van der Waals surface area contributed by atoms with Crippen LogP contribution in [0, 0.1) is 11.6 Å². The summed E-state index contributed by atoms with van der Waals surface area (Å²) in [5, 5.41) is 2.88. The monoisotopic (exact) mass is 228 g/mol. The average molecular weight is 228 g/mol. The van der Waals surface area contributed by atoms with Crippen LogP contribution in [0.5, 0.6) is 0 Å². The van der Waals surface area contributed by atoms with Gasteiger partial charge in [0.2, 0.25) is 5.91 Å². The lowest BCUT2D eigenvalue weighted by Crippen LogP contribution is -2.40. The largest absolute Gasteiger partial charge is 0.370 e. The maximum Gasteiger partial charge on any atom is 0.219 e. The molecule has 0 aliphatic carbocycles. The summed E-state index contributed by atoms with van der Waals surface area (Å²) < 4.78 is 25.8. The third kappa shape index (κ3) is 2.55. The van der Waals surface area contributed by atoms with Crippen LogP contribution in [0.2, 0.25) is 0 Å². The third-order valence-corrected chi connectivity index (χ3v) is 2.64. The topological polar surface area (TPSA) is 55.1 Å². The van der Waals surface area contributed by atoms with Gasteiger partial charge in [0, 0.05) is 12.0 Å². The molecule has 1 aromatic carbocycles. The Morgan fingerprint density at radius 1 is 1.44 bits per heavy atom. The number of nitrogens with two attached hydrogens (primary N) is 1. The van der Waals surface area contributed by atoms with Crippen molar-refractivity contribution in [1.29, 1.82) is 0 Å². The summed E-state index contributed by atoms with van der Waals surface area (Å²) in [5.74, 6) is -2.37. The third-order valence-electron chi connectivity index (χ3n) is 2.64. The second kappa shape index (κ2) is 4.57. The predicted octanol–water partition coefficient (Wildman–Crippen LogP) is 1.27. The summed E-state index contributed by atoms with van der Waals surface area (Å²) in [7, 11) is 1.63. The van der Waals surface area contributed by atoms with Gasteiger partial charge in [-0.05, 0) is 31.7 Å². The van der Waals surface area contributed by atoms with Gasteiger partial charge in [0.1, 0.15) is 0 Å². The zero-order chi connectivity index (χ0) is 12.3. The average Bonchev–Trinajstić information content (AvgIpc) is 2.21. The molecular formula is C11H14F2N2O. The summed E-state index contributed by atoms with van der Waals surface area (Å²) in [6, 6.07) is 3.52. The van der Waals surface area contributed by atoms with Crippen molar-refractivity contribution in [3.05, 3.63) is 35.4 Å². The molecule has 1 atom stereocenters. The van der Waals surface area contributed by atoms with E-state index in [-0.39, 0.29) is 6.42 Å². The molecule has 0 heterocycles. The van der Waals surface area contributed by atoms with E-state index in [4.69, 9.17) is 5.73 Å². The normalized spacial score (nSPS) is 14.5. The summed E-state index contributed by atoms with van der Waals surface area (Å²) in [6.07, 6.45) is 0.00850. The standard InChI is InChI=1S/C11H14F2N2O/c1-11(15-2,6-10(14)16)7-3-4-8(12)9(13)5-7/h3-5,15H,6H2,1-2H3,(H2,14,16). The summed E-state index contributed by atoms with van der Waals surface area (Å²) >= 11 is 0. The van der Waals surface area contributed by atoms with Crippen molar-refractivity contribution in [3.8, 4) is 0 Å². The number of halogens is 2. The van der Waals surface area contributed by atoms with E-state index >= 15 is 0 Å². The first-order valence-electron chi connectivity index (χ1n) is 4.82. The molecule has 0 saturated heterocycles. The lowest BCUT2D eigenvalue weighted by molar-refractivity contribution is -0.119. The van der Waals surface area contributed by atoms with Crippen LogP contribution < -0.4 is 11.1 Å². The highest BCUT2D eigenvalue weighted by atomic mass is 19.2. The summed E-state index contributed by atoms with van der Waals surface area (Å²) in [5.41, 5.74) is 4.80. The number of carbonyl (C=O) groups excluding carboxylic acids is 1. The molecule has 3 nitrogen and oxygen atoms in total. The van der Waals surface area contributed by atoms with Crippen LogP contribution in [0.25, 0.3) is 0 Å². The molecule has 5 heteroatoms. The minimum atomic E-state index is -0.941. The second-order valence-corrected chi connectivity index (χ2v) is 3.85. The molecule has 1 unspecified atom stereocenters. The van der Waals surface area contributed by atoms with Crippen molar-refractivity contribution < 1.29 is 13.6 Å².